The van der Waals surface area contributed by atoms with Crippen molar-refractivity contribution in [3.8, 4) is 11.5 Å². The van der Waals surface area contributed by atoms with Gasteiger partial charge in [0.1, 0.15) is 19.0 Å². The van der Waals surface area contributed by atoms with Crippen LogP contribution < -0.4 is 14.4 Å². The molecule has 4 aromatic rings. The number of carbonyl (C=O) groups is 3. The number of ketones is 1. The normalized spacial score (nSPS) is 17.3. The highest BCUT2D eigenvalue weighted by Gasteiger charge is 2.48. The fourth-order valence-electron chi connectivity index (χ4n) is 4.69. The summed E-state index contributed by atoms with van der Waals surface area (Å²) in [6.45, 7) is 0.733. The SMILES string of the molecule is COC(=O)c1ccc([C@H]2/C(=C(\O)c3ccc4c(c3)OCCO4)C(=O)C(=O)N2c2nnc(SCc3ccc(Cl)cc3)s2)cc1. The van der Waals surface area contributed by atoms with Gasteiger partial charge in [-0.05, 0) is 53.6 Å². The molecule has 1 aromatic heterocycles. The third-order valence-corrected chi connectivity index (χ3v) is 9.16. The number of hydrogen-bond donors (Lipinski definition) is 1. The molecule has 0 saturated carbocycles. The van der Waals surface area contributed by atoms with Gasteiger partial charge in [0.2, 0.25) is 5.13 Å². The second-order valence-corrected chi connectivity index (χ2v) is 12.0. The Hall–Kier alpha value is -4.39. The fraction of sp³-hybridized carbons (Fsp3) is 0.167. The molecule has 0 unspecified atom stereocenters. The van der Waals surface area contributed by atoms with Crippen LogP contribution in [-0.2, 0) is 20.1 Å². The summed E-state index contributed by atoms with van der Waals surface area (Å²) >= 11 is 8.55. The van der Waals surface area contributed by atoms with Gasteiger partial charge >= 0.3 is 11.9 Å². The maximum Gasteiger partial charge on any atom is 0.337 e. The summed E-state index contributed by atoms with van der Waals surface area (Å²) in [4.78, 5) is 40.4. The fourth-order valence-corrected chi connectivity index (χ4v) is 6.64. The van der Waals surface area contributed by atoms with Crippen LogP contribution in [0.4, 0.5) is 5.13 Å². The van der Waals surface area contributed by atoms with Gasteiger partial charge in [0, 0.05) is 16.3 Å². The molecule has 6 rings (SSSR count). The number of aromatic nitrogens is 2. The first-order valence-corrected chi connectivity index (χ1v) is 15.1. The van der Waals surface area contributed by atoms with E-state index in [1.54, 1.807) is 42.5 Å². The molecule has 218 valence electrons. The number of anilines is 1. The van der Waals surface area contributed by atoms with Crippen molar-refractivity contribution in [1.29, 1.82) is 0 Å². The average Bonchev–Trinajstić information content (AvgIpc) is 3.61. The van der Waals surface area contributed by atoms with Crippen LogP contribution in [0.3, 0.4) is 0 Å². The summed E-state index contributed by atoms with van der Waals surface area (Å²) in [5, 5.41) is 20.8. The topological polar surface area (TPSA) is 128 Å². The number of rotatable bonds is 7. The Morgan fingerprint density at radius 2 is 1.72 bits per heavy atom. The molecular weight excluding hydrogens is 614 g/mol. The van der Waals surface area contributed by atoms with E-state index in [1.165, 1.54) is 35.9 Å². The van der Waals surface area contributed by atoms with Gasteiger partial charge in [0.15, 0.2) is 15.8 Å². The van der Waals surface area contributed by atoms with Crippen molar-refractivity contribution < 1.29 is 33.7 Å². The smallest absolute Gasteiger partial charge is 0.337 e. The second kappa shape index (κ2) is 12.1. The number of aliphatic hydroxyl groups excluding tert-OH is 1. The molecule has 43 heavy (non-hydrogen) atoms. The molecule has 1 amide bonds. The molecule has 0 spiro atoms. The Kier molecular flexibility index (Phi) is 8.06. The molecule has 1 saturated heterocycles. The minimum atomic E-state index is -1.05. The van der Waals surface area contributed by atoms with Crippen LogP contribution in [0.2, 0.25) is 5.02 Å². The Bertz CT molecular complexity index is 1760. The van der Waals surface area contributed by atoms with Crippen molar-refractivity contribution in [3.05, 3.63) is 99.6 Å². The number of benzene rings is 3. The molecule has 3 aromatic carbocycles. The van der Waals surface area contributed by atoms with E-state index in [4.69, 9.17) is 25.8 Å². The van der Waals surface area contributed by atoms with Gasteiger partial charge in [0.05, 0.1) is 24.3 Å². The van der Waals surface area contributed by atoms with Crippen molar-refractivity contribution in [2.45, 2.75) is 16.1 Å². The van der Waals surface area contributed by atoms with Crippen LogP contribution in [0.25, 0.3) is 5.76 Å². The molecule has 13 heteroatoms. The maximum atomic E-state index is 13.5. The predicted octanol–water partition coefficient (Wildman–Crippen LogP) is 5.67. The number of amides is 1. The Morgan fingerprint density at radius 1 is 1.02 bits per heavy atom. The van der Waals surface area contributed by atoms with E-state index in [9.17, 15) is 19.5 Å². The number of ether oxygens (including phenoxy) is 3. The largest absolute Gasteiger partial charge is 0.507 e. The van der Waals surface area contributed by atoms with Gasteiger partial charge in [-0.15, -0.1) is 10.2 Å². The molecule has 2 aliphatic heterocycles. The van der Waals surface area contributed by atoms with Gasteiger partial charge in [-0.3, -0.25) is 14.5 Å². The number of aliphatic hydroxyl groups is 1. The third-order valence-electron chi connectivity index (χ3n) is 6.79. The second-order valence-electron chi connectivity index (χ2n) is 9.41. The summed E-state index contributed by atoms with van der Waals surface area (Å²) in [5.74, 6) is -1.17. The number of carbonyl (C=O) groups excluding carboxylic acids is 3. The lowest BCUT2D eigenvalue weighted by molar-refractivity contribution is -0.132. The van der Waals surface area contributed by atoms with Crippen LogP contribution in [0, 0.1) is 0 Å². The first-order valence-electron chi connectivity index (χ1n) is 12.9. The lowest BCUT2D eigenvalue weighted by atomic mass is 9.94. The maximum absolute atomic E-state index is 13.5. The summed E-state index contributed by atoms with van der Waals surface area (Å²) in [5.41, 5.74) is 1.91. The van der Waals surface area contributed by atoms with Gasteiger partial charge < -0.3 is 19.3 Å². The van der Waals surface area contributed by atoms with Crippen LogP contribution in [0.1, 0.15) is 33.1 Å². The van der Waals surface area contributed by atoms with E-state index in [1.807, 2.05) is 12.1 Å². The van der Waals surface area contributed by atoms with Crippen molar-refractivity contribution in [3.63, 3.8) is 0 Å². The first kappa shape index (κ1) is 28.7. The lowest BCUT2D eigenvalue weighted by Crippen LogP contribution is -2.29. The number of hydrogen-bond acceptors (Lipinski definition) is 11. The van der Waals surface area contributed by atoms with Gasteiger partial charge in [-0.25, -0.2) is 4.79 Å². The lowest BCUT2D eigenvalue weighted by Gasteiger charge is -2.23. The zero-order valence-corrected chi connectivity index (χ0v) is 24.9. The van der Waals surface area contributed by atoms with Gasteiger partial charge in [0.25, 0.3) is 5.78 Å². The van der Waals surface area contributed by atoms with E-state index in [-0.39, 0.29) is 27.6 Å². The number of nitrogens with zero attached hydrogens (tertiary/aromatic N) is 3. The van der Waals surface area contributed by atoms with Crippen molar-refractivity contribution >= 4 is 63.3 Å². The molecule has 10 nitrogen and oxygen atoms in total. The monoisotopic (exact) mass is 635 g/mol. The molecule has 0 radical (unpaired) electrons. The Balaban J connectivity index is 1.39. The molecule has 1 atom stereocenters. The quantitative estimate of drug-likeness (QED) is 0.0677. The van der Waals surface area contributed by atoms with Crippen molar-refractivity contribution in [2.75, 3.05) is 25.2 Å². The zero-order chi connectivity index (χ0) is 30.1. The van der Waals surface area contributed by atoms with Crippen LogP contribution in [-0.4, -0.2) is 53.3 Å². The molecular formula is C30H22ClN3O7S2. The summed E-state index contributed by atoms with van der Waals surface area (Å²) < 4.78 is 16.6. The molecule has 0 aliphatic carbocycles. The van der Waals surface area contributed by atoms with Crippen LogP contribution >= 0.6 is 34.7 Å². The average molecular weight is 636 g/mol. The Morgan fingerprint density at radius 3 is 2.44 bits per heavy atom. The van der Waals surface area contributed by atoms with Gasteiger partial charge in [-0.2, -0.15) is 0 Å². The van der Waals surface area contributed by atoms with Gasteiger partial charge in [-0.1, -0.05) is 59.0 Å². The Labute approximate surface area is 258 Å². The van der Waals surface area contributed by atoms with E-state index < -0.39 is 23.7 Å². The molecule has 0 bridgehead atoms. The first-order chi connectivity index (χ1) is 20.8. The van der Waals surface area contributed by atoms with E-state index in [0.717, 1.165) is 16.9 Å². The molecule has 3 heterocycles. The van der Waals surface area contributed by atoms with Crippen molar-refractivity contribution in [2.24, 2.45) is 0 Å². The molecule has 2 aliphatic rings. The van der Waals surface area contributed by atoms with E-state index >= 15 is 0 Å². The highest BCUT2D eigenvalue weighted by atomic mass is 35.5. The summed E-state index contributed by atoms with van der Waals surface area (Å²) in [7, 11) is 1.27. The van der Waals surface area contributed by atoms with Crippen LogP contribution in [0.5, 0.6) is 11.5 Å². The summed E-state index contributed by atoms with van der Waals surface area (Å²) in [6, 6.07) is 17.4. The highest BCUT2D eigenvalue weighted by molar-refractivity contribution is 8.00. The summed E-state index contributed by atoms with van der Waals surface area (Å²) in [6.07, 6.45) is 0. The minimum absolute atomic E-state index is 0.141. The minimum Gasteiger partial charge on any atom is -0.507 e. The standard InChI is InChI=1S/C30H22ClN3O7S2/c1-39-28(38)18-6-4-17(5-7-18)24-23(25(35)19-8-11-21-22(14-19)41-13-12-40-21)26(36)27(37)34(24)29-32-33-30(43-29)42-15-16-2-9-20(31)10-3-16/h2-11,14,24,35H,12-13,15H2,1H3/b25-23+/t24-/m0/s1. The number of Topliss-reactive ketones (excluding diaryl/α,β-unsaturated/α-hetero) is 1. The number of esters is 1. The highest BCUT2D eigenvalue weighted by Crippen LogP contribution is 2.45. The number of fused-ring (bicyclic) bond motifs is 1. The zero-order valence-electron chi connectivity index (χ0n) is 22.5. The third kappa shape index (κ3) is 5.68. The molecule has 1 fully saturated rings. The number of thioether (sulfide) groups is 1. The van der Waals surface area contributed by atoms with E-state index in [2.05, 4.69) is 10.2 Å². The molecule has 1 N–H and O–H groups in total. The number of halogens is 1. The number of methoxy groups -OCH3 is 1. The van der Waals surface area contributed by atoms with Crippen LogP contribution in [0.15, 0.2) is 76.6 Å². The predicted molar refractivity (Wildman–Crippen MR) is 161 cm³/mol. The van der Waals surface area contributed by atoms with Crippen molar-refractivity contribution in [1.82, 2.24) is 10.2 Å². The van der Waals surface area contributed by atoms with E-state index in [0.29, 0.717) is 45.4 Å².